The molecule has 34 heavy (non-hydrogen) atoms. The minimum atomic E-state index is -0.300. The normalized spacial score (nSPS) is 9.21. The van der Waals surface area contributed by atoms with Crippen LogP contribution in [0, 0.1) is 11.8 Å². The molecule has 1 amide bonds. The Labute approximate surface area is 211 Å². The van der Waals surface area contributed by atoms with Gasteiger partial charge in [-0.3, -0.25) is 9.59 Å². The standard InChI is InChI=1S/C13H15NO3.C5H10O.C4H10.C3H8.2C2H6/c1-9(8-15)6-13(17)14-12-5-3-4-11(7-12)10(2)16;1-2-3-4-5-6;1-4(2)3;1-3-2;2*1-2/h3-5,7-9H,6H2,1-2H3,(H,14,17);5H,2-4H2,1H3;4H,1-3H3;3H2,1-2H3;2*1-2H3. The van der Waals surface area contributed by atoms with Crippen molar-refractivity contribution >= 4 is 30.0 Å². The van der Waals surface area contributed by atoms with E-state index in [1.165, 1.54) is 13.3 Å². The Morgan fingerprint density at radius 2 is 1.41 bits per heavy atom. The molecule has 0 saturated carbocycles. The molecule has 0 saturated heterocycles. The first-order valence-electron chi connectivity index (χ1n) is 12.9. The van der Waals surface area contributed by atoms with E-state index >= 15 is 0 Å². The third-order valence-electron chi connectivity index (χ3n) is 2.97. The highest BCUT2D eigenvalue weighted by Crippen LogP contribution is 2.12. The van der Waals surface area contributed by atoms with Crippen molar-refractivity contribution in [3.63, 3.8) is 0 Å². The number of rotatable bonds is 8. The number of unbranched alkanes of at least 4 members (excludes halogenated alkanes) is 2. The molecule has 5 heteroatoms. The van der Waals surface area contributed by atoms with Crippen molar-refractivity contribution in [2.24, 2.45) is 11.8 Å². The molecule has 0 aromatic heterocycles. The van der Waals surface area contributed by atoms with Crippen molar-refractivity contribution in [3.8, 4) is 0 Å². The maximum absolute atomic E-state index is 11.5. The van der Waals surface area contributed by atoms with Gasteiger partial charge in [0.25, 0.3) is 0 Å². The molecule has 1 atom stereocenters. The number of anilines is 1. The monoisotopic (exact) mass is 481 g/mol. The molecule has 1 unspecified atom stereocenters. The molecule has 0 spiro atoms. The van der Waals surface area contributed by atoms with Crippen LogP contribution in [0.15, 0.2) is 24.3 Å². The van der Waals surface area contributed by atoms with Crippen LogP contribution in [0.5, 0.6) is 0 Å². The number of carbonyl (C=O) groups is 4. The van der Waals surface area contributed by atoms with Gasteiger partial charge in [-0.1, -0.05) is 101 Å². The number of Topliss-reactive ketones (excluding diaryl/α,β-unsaturated/α-hetero) is 1. The van der Waals surface area contributed by atoms with Crippen molar-refractivity contribution in [2.75, 3.05) is 5.32 Å². The summed E-state index contributed by atoms with van der Waals surface area (Å²) in [5.41, 5.74) is 1.12. The van der Waals surface area contributed by atoms with Gasteiger partial charge in [-0.2, -0.15) is 0 Å². The van der Waals surface area contributed by atoms with Crippen LogP contribution in [-0.4, -0.2) is 24.3 Å². The molecule has 0 radical (unpaired) electrons. The molecule has 0 heterocycles. The first kappa shape index (κ1) is 41.9. The van der Waals surface area contributed by atoms with Crippen LogP contribution in [-0.2, 0) is 14.4 Å². The zero-order chi connectivity index (χ0) is 27.9. The molecule has 5 nitrogen and oxygen atoms in total. The van der Waals surface area contributed by atoms with Crippen LogP contribution in [0.3, 0.4) is 0 Å². The quantitative estimate of drug-likeness (QED) is 0.229. The molecule has 0 aliphatic carbocycles. The predicted octanol–water partition coefficient (Wildman–Crippen LogP) is 8.56. The van der Waals surface area contributed by atoms with E-state index in [-0.39, 0.29) is 24.0 Å². The van der Waals surface area contributed by atoms with E-state index in [1.807, 2.05) is 27.7 Å². The van der Waals surface area contributed by atoms with Gasteiger partial charge in [0.05, 0.1) is 0 Å². The van der Waals surface area contributed by atoms with Crippen LogP contribution in [0.1, 0.15) is 126 Å². The molecule has 200 valence electrons. The van der Waals surface area contributed by atoms with Gasteiger partial charge in [0.15, 0.2) is 5.78 Å². The number of nitrogens with one attached hydrogen (secondary N) is 1. The largest absolute Gasteiger partial charge is 0.326 e. The highest BCUT2D eigenvalue weighted by molar-refractivity contribution is 5.97. The molecule has 0 bridgehead atoms. The molecular weight excluding hydrogens is 426 g/mol. The zero-order valence-corrected chi connectivity index (χ0v) is 24.3. The molecule has 1 aromatic carbocycles. The lowest BCUT2D eigenvalue weighted by Crippen LogP contribution is -2.15. The van der Waals surface area contributed by atoms with Crippen molar-refractivity contribution in [3.05, 3.63) is 29.8 Å². The average molecular weight is 482 g/mol. The van der Waals surface area contributed by atoms with Gasteiger partial charge in [0.1, 0.15) is 12.6 Å². The number of benzene rings is 1. The van der Waals surface area contributed by atoms with E-state index in [1.54, 1.807) is 31.2 Å². The van der Waals surface area contributed by atoms with E-state index in [0.717, 1.165) is 37.8 Å². The third kappa shape index (κ3) is 40.1. The van der Waals surface area contributed by atoms with E-state index in [0.29, 0.717) is 11.3 Å². The summed E-state index contributed by atoms with van der Waals surface area (Å²) in [7, 11) is 0. The minimum Gasteiger partial charge on any atom is -0.326 e. The topological polar surface area (TPSA) is 80.3 Å². The van der Waals surface area contributed by atoms with E-state index in [2.05, 4.69) is 46.9 Å². The number of aldehydes is 2. The lowest BCUT2D eigenvalue weighted by atomic mass is 10.1. The second-order valence-corrected chi connectivity index (χ2v) is 7.75. The Kier molecular flexibility index (Phi) is 43.5. The summed E-state index contributed by atoms with van der Waals surface area (Å²) in [5, 5.41) is 2.65. The molecular formula is C29H55NO4. The number of carbonyl (C=O) groups excluding carboxylic acids is 4. The Bertz CT molecular complexity index is 580. The predicted molar refractivity (Wildman–Crippen MR) is 150 cm³/mol. The summed E-state index contributed by atoms with van der Waals surface area (Å²) in [5.74, 6) is 0.249. The summed E-state index contributed by atoms with van der Waals surface area (Å²) in [6.07, 6.45) is 6.00. The minimum absolute atomic E-state index is 0.0534. The van der Waals surface area contributed by atoms with Gasteiger partial charge < -0.3 is 14.9 Å². The number of hydrogen-bond donors (Lipinski definition) is 1. The SMILES string of the molecule is CC.CC.CC(=O)c1cccc(NC(=O)CC(C)C=O)c1.CC(C)C.CCC.CCCCC=O. The molecule has 0 fully saturated rings. The van der Waals surface area contributed by atoms with Gasteiger partial charge in [0, 0.05) is 30.0 Å². The second-order valence-electron chi connectivity index (χ2n) is 7.75. The van der Waals surface area contributed by atoms with Crippen LogP contribution < -0.4 is 5.32 Å². The number of ketones is 1. The second kappa shape index (κ2) is 35.3. The molecule has 0 aliphatic heterocycles. The van der Waals surface area contributed by atoms with Crippen molar-refractivity contribution < 1.29 is 19.2 Å². The Morgan fingerprint density at radius 3 is 1.74 bits per heavy atom. The summed E-state index contributed by atoms with van der Waals surface area (Å²) in [6, 6.07) is 6.71. The Hall–Kier alpha value is -2.30. The van der Waals surface area contributed by atoms with Crippen LogP contribution >= 0.6 is 0 Å². The maximum Gasteiger partial charge on any atom is 0.225 e. The molecule has 0 aliphatic rings. The summed E-state index contributed by atoms with van der Waals surface area (Å²) < 4.78 is 0. The highest BCUT2D eigenvalue weighted by atomic mass is 16.2. The van der Waals surface area contributed by atoms with E-state index in [4.69, 9.17) is 0 Å². The maximum atomic E-state index is 11.5. The molecule has 1 N–H and O–H groups in total. The van der Waals surface area contributed by atoms with Crippen molar-refractivity contribution in [2.45, 2.75) is 115 Å². The third-order valence-corrected chi connectivity index (χ3v) is 2.97. The van der Waals surface area contributed by atoms with E-state index in [9.17, 15) is 19.2 Å². The van der Waals surface area contributed by atoms with Crippen LogP contribution in [0.2, 0.25) is 0 Å². The van der Waals surface area contributed by atoms with Gasteiger partial charge in [-0.25, -0.2) is 0 Å². The molecule has 1 aromatic rings. The fourth-order valence-electron chi connectivity index (χ4n) is 1.66. The van der Waals surface area contributed by atoms with Gasteiger partial charge >= 0.3 is 0 Å². The fourth-order valence-corrected chi connectivity index (χ4v) is 1.66. The zero-order valence-electron chi connectivity index (χ0n) is 24.3. The smallest absolute Gasteiger partial charge is 0.225 e. The van der Waals surface area contributed by atoms with Gasteiger partial charge in [-0.15, -0.1) is 0 Å². The van der Waals surface area contributed by atoms with Crippen LogP contribution in [0.25, 0.3) is 0 Å². The average Bonchev–Trinajstić information content (AvgIpc) is 2.81. The van der Waals surface area contributed by atoms with Crippen molar-refractivity contribution in [1.82, 2.24) is 0 Å². The number of amides is 1. The van der Waals surface area contributed by atoms with Gasteiger partial charge in [0.2, 0.25) is 5.91 Å². The fraction of sp³-hybridized carbons (Fsp3) is 0.655. The summed E-state index contributed by atoms with van der Waals surface area (Å²) in [4.78, 5) is 42.6. The summed E-state index contributed by atoms with van der Waals surface area (Å²) in [6.45, 7) is 24.0. The summed E-state index contributed by atoms with van der Waals surface area (Å²) >= 11 is 0. The van der Waals surface area contributed by atoms with Crippen molar-refractivity contribution in [1.29, 1.82) is 0 Å². The first-order chi connectivity index (χ1) is 16.1. The number of hydrogen-bond acceptors (Lipinski definition) is 4. The van der Waals surface area contributed by atoms with E-state index < -0.39 is 0 Å². The van der Waals surface area contributed by atoms with Crippen LogP contribution in [0.4, 0.5) is 5.69 Å². The lowest BCUT2D eigenvalue weighted by Gasteiger charge is -2.07. The Morgan fingerprint density at radius 1 is 0.941 bits per heavy atom. The molecule has 1 rings (SSSR count). The highest BCUT2D eigenvalue weighted by Gasteiger charge is 2.08. The first-order valence-corrected chi connectivity index (χ1v) is 12.9. The lowest BCUT2D eigenvalue weighted by molar-refractivity contribution is -0.120. The van der Waals surface area contributed by atoms with Gasteiger partial charge in [-0.05, 0) is 31.4 Å². The Balaban J connectivity index is -0.000000136.